The first-order chi connectivity index (χ1) is 12.8. The molecule has 0 aromatic carbocycles. The first-order valence-corrected chi connectivity index (χ1v) is 10.5. The molecule has 3 fully saturated rings. The van der Waals surface area contributed by atoms with E-state index in [1.165, 1.54) is 12.8 Å². The number of carbonyl (C=O) groups excluding carboxylic acids is 1. The van der Waals surface area contributed by atoms with Gasteiger partial charge in [0.05, 0.1) is 12.7 Å². The molecule has 6 nitrogen and oxygen atoms in total. The lowest BCUT2D eigenvalue weighted by atomic mass is 9.93. The predicted molar refractivity (Wildman–Crippen MR) is 100 cm³/mol. The molecular formula is C20H36N2O4. The van der Waals surface area contributed by atoms with E-state index in [2.05, 4.69) is 9.80 Å². The van der Waals surface area contributed by atoms with Crippen LogP contribution in [0.25, 0.3) is 0 Å². The van der Waals surface area contributed by atoms with Crippen LogP contribution in [0.3, 0.4) is 0 Å². The SMILES string of the molecule is COCCN1CCC(CN(C[C@@H]2CCCO2)C(=O)C2CCOCC2)CC1. The van der Waals surface area contributed by atoms with Gasteiger partial charge in [-0.25, -0.2) is 0 Å². The van der Waals surface area contributed by atoms with Crippen LogP contribution in [-0.4, -0.2) is 88.1 Å². The van der Waals surface area contributed by atoms with Crippen LogP contribution in [0.2, 0.25) is 0 Å². The fourth-order valence-electron chi connectivity index (χ4n) is 4.42. The van der Waals surface area contributed by atoms with Crippen LogP contribution in [0.4, 0.5) is 0 Å². The van der Waals surface area contributed by atoms with Crippen molar-refractivity contribution in [1.82, 2.24) is 9.80 Å². The fourth-order valence-corrected chi connectivity index (χ4v) is 4.42. The van der Waals surface area contributed by atoms with E-state index >= 15 is 0 Å². The van der Waals surface area contributed by atoms with Gasteiger partial charge in [0.15, 0.2) is 0 Å². The molecule has 0 spiro atoms. The molecule has 0 aromatic rings. The predicted octanol–water partition coefficient (Wildman–Crippen LogP) is 1.78. The third kappa shape index (κ3) is 5.91. The summed E-state index contributed by atoms with van der Waals surface area (Å²) in [5, 5.41) is 0. The average Bonchev–Trinajstić information content (AvgIpc) is 3.20. The largest absolute Gasteiger partial charge is 0.383 e. The molecule has 0 aromatic heterocycles. The van der Waals surface area contributed by atoms with Gasteiger partial charge in [-0.1, -0.05) is 0 Å². The highest BCUT2D eigenvalue weighted by atomic mass is 16.5. The summed E-state index contributed by atoms with van der Waals surface area (Å²) in [4.78, 5) is 17.8. The van der Waals surface area contributed by atoms with Crippen LogP contribution >= 0.6 is 0 Å². The van der Waals surface area contributed by atoms with Gasteiger partial charge in [0.1, 0.15) is 0 Å². The molecule has 3 saturated heterocycles. The van der Waals surface area contributed by atoms with Crippen molar-refractivity contribution >= 4 is 5.91 Å². The molecule has 3 rings (SSSR count). The Labute approximate surface area is 158 Å². The van der Waals surface area contributed by atoms with Gasteiger partial charge in [-0.2, -0.15) is 0 Å². The van der Waals surface area contributed by atoms with E-state index in [4.69, 9.17) is 14.2 Å². The maximum atomic E-state index is 13.2. The van der Waals surface area contributed by atoms with E-state index in [1.807, 2.05) is 0 Å². The molecule has 1 atom stereocenters. The van der Waals surface area contributed by atoms with Crippen LogP contribution in [-0.2, 0) is 19.0 Å². The number of rotatable bonds is 8. The molecule has 0 bridgehead atoms. The lowest BCUT2D eigenvalue weighted by Crippen LogP contribution is -2.46. The zero-order valence-electron chi connectivity index (χ0n) is 16.4. The highest BCUT2D eigenvalue weighted by molar-refractivity contribution is 5.79. The Morgan fingerprint density at radius 1 is 1.08 bits per heavy atom. The lowest BCUT2D eigenvalue weighted by molar-refractivity contribution is -0.141. The highest BCUT2D eigenvalue weighted by Gasteiger charge is 2.31. The number of hydrogen-bond acceptors (Lipinski definition) is 5. The average molecular weight is 369 g/mol. The van der Waals surface area contributed by atoms with Crippen molar-refractivity contribution in [2.75, 3.05) is 66.3 Å². The smallest absolute Gasteiger partial charge is 0.225 e. The Kier molecular flexibility index (Phi) is 8.17. The van der Waals surface area contributed by atoms with Crippen LogP contribution in [0.1, 0.15) is 38.5 Å². The van der Waals surface area contributed by atoms with E-state index in [1.54, 1.807) is 7.11 Å². The summed E-state index contributed by atoms with van der Waals surface area (Å²) in [6, 6.07) is 0. The van der Waals surface area contributed by atoms with Gasteiger partial charge in [-0.05, 0) is 57.5 Å². The first kappa shape index (κ1) is 20.1. The highest BCUT2D eigenvalue weighted by Crippen LogP contribution is 2.24. The molecule has 150 valence electrons. The molecule has 0 aliphatic carbocycles. The van der Waals surface area contributed by atoms with Gasteiger partial charge in [0, 0.05) is 52.5 Å². The minimum absolute atomic E-state index is 0.145. The second-order valence-corrected chi connectivity index (χ2v) is 8.04. The molecule has 0 saturated carbocycles. The Morgan fingerprint density at radius 3 is 2.50 bits per heavy atom. The zero-order chi connectivity index (χ0) is 18.2. The van der Waals surface area contributed by atoms with Crippen LogP contribution < -0.4 is 0 Å². The third-order valence-corrected chi connectivity index (χ3v) is 6.13. The number of methoxy groups -OCH3 is 1. The Balaban J connectivity index is 1.52. The van der Waals surface area contributed by atoms with Crippen molar-refractivity contribution in [3.05, 3.63) is 0 Å². The summed E-state index contributed by atoms with van der Waals surface area (Å²) in [5.74, 6) is 1.09. The molecule has 0 N–H and O–H groups in total. The molecule has 0 radical (unpaired) electrons. The van der Waals surface area contributed by atoms with Crippen molar-refractivity contribution in [3.63, 3.8) is 0 Å². The van der Waals surface area contributed by atoms with Gasteiger partial charge >= 0.3 is 0 Å². The number of piperidine rings is 1. The fraction of sp³-hybridized carbons (Fsp3) is 0.950. The summed E-state index contributed by atoms with van der Waals surface area (Å²) in [5.41, 5.74) is 0. The van der Waals surface area contributed by atoms with Gasteiger partial charge < -0.3 is 24.0 Å². The molecule has 3 heterocycles. The van der Waals surface area contributed by atoms with E-state index in [0.717, 1.165) is 84.8 Å². The van der Waals surface area contributed by atoms with Crippen molar-refractivity contribution in [2.45, 2.75) is 44.6 Å². The maximum absolute atomic E-state index is 13.2. The molecule has 1 amide bonds. The van der Waals surface area contributed by atoms with E-state index in [-0.39, 0.29) is 12.0 Å². The second kappa shape index (κ2) is 10.6. The van der Waals surface area contributed by atoms with Gasteiger partial charge in [-0.15, -0.1) is 0 Å². The van der Waals surface area contributed by atoms with Gasteiger partial charge in [0.2, 0.25) is 5.91 Å². The summed E-state index contributed by atoms with van der Waals surface area (Å²) in [7, 11) is 1.76. The Morgan fingerprint density at radius 2 is 1.85 bits per heavy atom. The third-order valence-electron chi connectivity index (χ3n) is 6.13. The quantitative estimate of drug-likeness (QED) is 0.654. The summed E-state index contributed by atoms with van der Waals surface area (Å²) >= 11 is 0. The standard InChI is InChI=1S/C20H36N2O4/c1-24-14-10-21-8-4-17(5-9-21)15-22(16-19-3-2-11-26-19)20(23)18-6-12-25-13-7-18/h17-19H,2-16H2,1H3/t19-/m0/s1. The van der Waals surface area contributed by atoms with E-state index < -0.39 is 0 Å². The molecule has 3 aliphatic rings. The number of carbonyl (C=O) groups is 1. The molecule has 6 heteroatoms. The molecule has 0 unspecified atom stereocenters. The van der Waals surface area contributed by atoms with Crippen molar-refractivity contribution in [1.29, 1.82) is 0 Å². The summed E-state index contributed by atoms with van der Waals surface area (Å²) in [6.07, 6.45) is 6.54. The van der Waals surface area contributed by atoms with Gasteiger partial charge in [0.25, 0.3) is 0 Å². The number of hydrogen-bond donors (Lipinski definition) is 0. The Bertz CT molecular complexity index is 414. The first-order valence-electron chi connectivity index (χ1n) is 10.5. The number of amides is 1. The van der Waals surface area contributed by atoms with Crippen molar-refractivity contribution < 1.29 is 19.0 Å². The summed E-state index contributed by atoms with van der Waals surface area (Å²) in [6.45, 7) is 8.03. The minimum Gasteiger partial charge on any atom is -0.383 e. The van der Waals surface area contributed by atoms with Crippen molar-refractivity contribution in [2.24, 2.45) is 11.8 Å². The molecule has 3 aliphatic heterocycles. The molecular weight excluding hydrogens is 332 g/mol. The molecule has 26 heavy (non-hydrogen) atoms. The number of likely N-dealkylation sites (tertiary alicyclic amines) is 1. The number of ether oxygens (including phenoxy) is 3. The zero-order valence-corrected chi connectivity index (χ0v) is 16.4. The van der Waals surface area contributed by atoms with E-state index in [9.17, 15) is 4.79 Å². The van der Waals surface area contributed by atoms with Crippen LogP contribution in [0, 0.1) is 11.8 Å². The number of nitrogens with zero attached hydrogens (tertiary/aromatic N) is 2. The van der Waals surface area contributed by atoms with Crippen LogP contribution in [0.15, 0.2) is 0 Å². The topological polar surface area (TPSA) is 51.2 Å². The Hall–Kier alpha value is -0.690. The maximum Gasteiger partial charge on any atom is 0.225 e. The van der Waals surface area contributed by atoms with E-state index in [0.29, 0.717) is 11.8 Å². The second-order valence-electron chi connectivity index (χ2n) is 8.04. The minimum atomic E-state index is 0.145. The normalized spacial score (nSPS) is 26.3. The lowest BCUT2D eigenvalue weighted by Gasteiger charge is -2.37. The van der Waals surface area contributed by atoms with Crippen molar-refractivity contribution in [3.8, 4) is 0 Å². The monoisotopic (exact) mass is 368 g/mol. The van der Waals surface area contributed by atoms with Gasteiger partial charge in [-0.3, -0.25) is 4.79 Å². The van der Waals surface area contributed by atoms with Crippen LogP contribution in [0.5, 0.6) is 0 Å². The summed E-state index contributed by atoms with van der Waals surface area (Å²) < 4.78 is 16.5.